The molecule has 1 aromatic rings. The number of aromatic amines is 1. The second-order valence-corrected chi connectivity index (χ2v) is 1.65. The summed E-state index contributed by atoms with van der Waals surface area (Å²) in [5.74, 6) is 0.616. The Morgan fingerprint density at radius 3 is 2.67 bits per heavy atom. The Morgan fingerprint density at radius 1 is 1.78 bits per heavy atom. The van der Waals surface area contributed by atoms with Crippen LogP contribution in [0.15, 0.2) is 12.4 Å². The summed E-state index contributed by atoms with van der Waals surface area (Å²) in [7, 11) is 0. The van der Waals surface area contributed by atoms with Gasteiger partial charge in [-0.3, -0.25) is 0 Å². The molecule has 0 spiro atoms. The zero-order chi connectivity index (χ0) is 5.98. The molecule has 9 heavy (non-hydrogen) atoms. The van der Waals surface area contributed by atoms with E-state index >= 15 is 0 Å². The van der Waals surface area contributed by atoms with Crippen molar-refractivity contribution in [3.05, 3.63) is 18.2 Å². The average molecular weight is 149 g/mol. The Labute approximate surface area is 59.5 Å². The minimum atomic E-state index is -0.481. The van der Waals surface area contributed by atoms with Crippen molar-refractivity contribution in [2.45, 2.75) is 13.0 Å². The molecule has 1 heterocycles. The Kier molecular flexibility index (Phi) is 3.27. The highest BCUT2D eigenvalue weighted by atomic mass is 35.5. The van der Waals surface area contributed by atoms with Crippen LogP contribution in [0, 0.1) is 0 Å². The lowest BCUT2D eigenvalue weighted by molar-refractivity contribution is 0.190. The lowest BCUT2D eigenvalue weighted by Crippen LogP contribution is -1.91. The molecule has 1 aromatic heterocycles. The molecule has 4 heteroatoms. The number of aliphatic hydroxyl groups is 1. The molecule has 2 N–H and O–H groups in total. The van der Waals surface area contributed by atoms with E-state index in [4.69, 9.17) is 5.11 Å². The number of hydrogen-bond donors (Lipinski definition) is 2. The predicted molar refractivity (Wildman–Crippen MR) is 36.5 cm³/mol. The van der Waals surface area contributed by atoms with Crippen molar-refractivity contribution in [3.8, 4) is 0 Å². The summed E-state index contributed by atoms with van der Waals surface area (Å²) in [5, 5.41) is 8.82. The third kappa shape index (κ3) is 2.03. The maximum atomic E-state index is 8.82. The summed E-state index contributed by atoms with van der Waals surface area (Å²) in [6, 6.07) is 0. The van der Waals surface area contributed by atoms with Gasteiger partial charge in [0.05, 0.1) is 0 Å². The molecule has 0 aliphatic heterocycles. The van der Waals surface area contributed by atoms with Crippen LogP contribution in [0.5, 0.6) is 0 Å². The summed E-state index contributed by atoms with van der Waals surface area (Å²) in [4.78, 5) is 6.59. The molecule has 3 nitrogen and oxygen atoms in total. The van der Waals surface area contributed by atoms with Gasteiger partial charge in [-0.05, 0) is 6.92 Å². The van der Waals surface area contributed by atoms with Crippen molar-refractivity contribution in [2.75, 3.05) is 0 Å². The number of nitrogens with one attached hydrogen (secondary N) is 1. The Bertz CT molecular complexity index is 150. The molecule has 0 bridgehead atoms. The third-order valence-corrected chi connectivity index (χ3v) is 0.915. The second-order valence-electron chi connectivity index (χ2n) is 1.65. The average Bonchev–Trinajstić information content (AvgIpc) is 2.12. The molecular weight excluding hydrogens is 140 g/mol. The number of nitrogens with zero attached hydrogens (tertiary/aromatic N) is 1. The van der Waals surface area contributed by atoms with E-state index in [1.54, 1.807) is 19.3 Å². The molecule has 0 saturated heterocycles. The third-order valence-electron chi connectivity index (χ3n) is 0.915. The fourth-order valence-corrected chi connectivity index (χ4v) is 0.506. The minimum Gasteiger partial charge on any atom is -0.385 e. The summed E-state index contributed by atoms with van der Waals surface area (Å²) >= 11 is 0. The lowest BCUT2D eigenvalue weighted by atomic mass is 10.4. The SMILES string of the molecule is C[C@@H](O)c1ncc[nH]1.Cl. The number of imidazole rings is 1. The first-order valence-corrected chi connectivity index (χ1v) is 2.48. The zero-order valence-corrected chi connectivity index (χ0v) is 5.85. The fraction of sp³-hybridized carbons (Fsp3) is 0.400. The molecule has 1 rings (SSSR count). The van der Waals surface area contributed by atoms with Crippen molar-refractivity contribution >= 4 is 12.4 Å². The van der Waals surface area contributed by atoms with Crippen LogP contribution in [0.3, 0.4) is 0 Å². The number of aliphatic hydroxyl groups excluding tert-OH is 1. The number of halogens is 1. The van der Waals surface area contributed by atoms with Crippen molar-refractivity contribution < 1.29 is 5.11 Å². The van der Waals surface area contributed by atoms with Gasteiger partial charge in [0.1, 0.15) is 11.9 Å². The summed E-state index contributed by atoms with van der Waals surface area (Å²) in [6.45, 7) is 1.67. The summed E-state index contributed by atoms with van der Waals surface area (Å²) in [6.07, 6.45) is 2.81. The van der Waals surface area contributed by atoms with E-state index in [0.717, 1.165) is 0 Å². The summed E-state index contributed by atoms with van der Waals surface area (Å²) < 4.78 is 0. The predicted octanol–water partition coefficient (Wildman–Crippen LogP) is 0.885. The molecule has 1 atom stereocenters. The van der Waals surface area contributed by atoms with E-state index in [9.17, 15) is 0 Å². The second kappa shape index (κ2) is 3.48. The van der Waals surface area contributed by atoms with E-state index in [1.807, 2.05) is 0 Å². The first-order chi connectivity index (χ1) is 3.80. The summed E-state index contributed by atoms with van der Waals surface area (Å²) in [5.41, 5.74) is 0. The van der Waals surface area contributed by atoms with Crippen LogP contribution in [0.1, 0.15) is 18.9 Å². The van der Waals surface area contributed by atoms with Crippen LogP contribution in [-0.2, 0) is 0 Å². The minimum absolute atomic E-state index is 0. The smallest absolute Gasteiger partial charge is 0.134 e. The van der Waals surface area contributed by atoms with Crippen LogP contribution in [0.25, 0.3) is 0 Å². The van der Waals surface area contributed by atoms with Crippen LogP contribution in [-0.4, -0.2) is 15.1 Å². The van der Waals surface area contributed by atoms with Gasteiger partial charge in [-0.2, -0.15) is 0 Å². The number of rotatable bonds is 1. The van der Waals surface area contributed by atoms with Gasteiger partial charge in [0.25, 0.3) is 0 Å². The lowest BCUT2D eigenvalue weighted by Gasteiger charge is -1.94. The molecule has 0 aliphatic carbocycles. The van der Waals surface area contributed by atoms with Crippen LogP contribution < -0.4 is 0 Å². The van der Waals surface area contributed by atoms with Gasteiger partial charge < -0.3 is 10.1 Å². The topological polar surface area (TPSA) is 48.9 Å². The molecule has 0 saturated carbocycles. The normalized spacial score (nSPS) is 12.2. The van der Waals surface area contributed by atoms with Crippen molar-refractivity contribution in [1.82, 2.24) is 9.97 Å². The van der Waals surface area contributed by atoms with Gasteiger partial charge in [0.15, 0.2) is 0 Å². The molecule has 0 aromatic carbocycles. The van der Waals surface area contributed by atoms with Crippen molar-refractivity contribution in [2.24, 2.45) is 0 Å². The molecule has 52 valence electrons. The van der Waals surface area contributed by atoms with Gasteiger partial charge >= 0.3 is 0 Å². The van der Waals surface area contributed by atoms with E-state index in [-0.39, 0.29) is 12.4 Å². The molecule has 0 unspecified atom stereocenters. The first kappa shape index (κ1) is 8.46. The number of hydrogen-bond acceptors (Lipinski definition) is 2. The van der Waals surface area contributed by atoms with Gasteiger partial charge in [-0.25, -0.2) is 4.98 Å². The van der Waals surface area contributed by atoms with E-state index in [1.165, 1.54) is 0 Å². The Balaban J connectivity index is 0.000000640. The van der Waals surface area contributed by atoms with E-state index in [0.29, 0.717) is 5.82 Å². The quantitative estimate of drug-likeness (QED) is 0.622. The maximum absolute atomic E-state index is 8.82. The van der Waals surface area contributed by atoms with Crippen LogP contribution in [0.2, 0.25) is 0 Å². The molecular formula is C5H9ClN2O. The van der Waals surface area contributed by atoms with Gasteiger partial charge in [-0.1, -0.05) is 0 Å². The molecule has 0 aliphatic rings. The molecule has 0 fully saturated rings. The highest BCUT2D eigenvalue weighted by Gasteiger charge is 1.98. The highest BCUT2D eigenvalue weighted by Crippen LogP contribution is 2.01. The van der Waals surface area contributed by atoms with E-state index < -0.39 is 6.10 Å². The molecule has 0 radical (unpaired) electrons. The van der Waals surface area contributed by atoms with Crippen molar-refractivity contribution in [1.29, 1.82) is 0 Å². The van der Waals surface area contributed by atoms with Gasteiger partial charge in [0.2, 0.25) is 0 Å². The maximum Gasteiger partial charge on any atom is 0.134 e. The van der Waals surface area contributed by atoms with Gasteiger partial charge in [-0.15, -0.1) is 12.4 Å². The largest absolute Gasteiger partial charge is 0.385 e. The number of H-pyrrole nitrogens is 1. The Hall–Kier alpha value is -0.540. The van der Waals surface area contributed by atoms with Crippen LogP contribution in [0.4, 0.5) is 0 Å². The first-order valence-electron chi connectivity index (χ1n) is 2.48. The van der Waals surface area contributed by atoms with Gasteiger partial charge in [0, 0.05) is 12.4 Å². The van der Waals surface area contributed by atoms with E-state index in [2.05, 4.69) is 9.97 Å². The zero-order valence-electron chi connectivity index (χ0n) is 5.03. The fourth-order valence-electron chi connectivity index (χ4n) is 0.506. The highest BCUT2D eigenvalue weighted by molar-refractivity contribution is 5.85. The number of aromatic nitrogens is 2. The monoisotopic (exact) mass is 148 g/mol. The standard InChI is InChI=1S/C5H8N2O.ClH/c1-4(8)5-6-2-3-7-5;/h2-4,8H,1H3,(H,6,7);1H/t4-;/m1./s1. The Morgan fingerprint density at radius 2 is 2.44 bits per heavy atom. The van der Waals surface area contributed by atoms with Crippen molar-refractivity contribution in [3.63, 3.8) is 0 Å². The van der Waals surface area contributed by atoms with Crippen LogP contribution >= 0.6 is 12.4 Å². The molecule has 0 amide bonds.